The number of benzene rings is 2. The average Bonchev–Trinajstić information content (AvgIpc) is 3.02. The Labute approximate surface area is 140 Å². The van der Waals surface area contributed by atoms with Gasteiger partial charge in [-0.3, -0.25) is 9.59 Å². The second kappa shape index (κ2) is 6.00. The van der Waals surface area contributed by atoms with Crippen molar-refractivity contribution < 1.29 is 14.3 Å². The highest BCUT2D eigenvalue weighted by molar-refractivity contribution is 5.99. The van der Waals surface area contributed by atoms with Crippen LogP contribution in [-0.2, 0) is 16.0 Å². The summed E-state index contributed by atoms with van der Waals surface area (Å²) in [6.45, 7) is 0.443. The van der Waals surface area contributed by atoms with E-state index in [4.69, 9.17) is 4.74 Å². The van der Waals surface area contributed by atoms with E-state index >= 15 is 0 Å². The van der Waals surface area contributed by atoms with E-state index in [9.17, 15) is 9.59 Å². The van der Waals surface area contributed by atoms with E-state index in [2.05, 4.69) is 5.32 Å². The molecule has 122 valence electrons. The van der Waals surface area contributed by atoms with E-state index in [1.165, 1.54) is 0 Å². The quantitative estimate of drug-likeness (QED) is 0.922. The number of ether oxygens (including phenoxy) is 1. The standard InChI is InChI=1S/C19H18N2O3/c22-18(10-13-6-2-1-3-7-13)21-12-14-11-16(21)19(23)20-15-8-4-5-9-17(15)24-14/h1-9,14,16H,10-12H2,(H,20,23). The summed E-state index contributed by atoms with van der Waals surface area (Å²) in [5.74, 6) is 0.472. The minimum atomic E-state index is -0.473. The van der Waals surface area contributed by atoms with Gasteiger partial charge in [-0.25, -0.2) is 0 Å². The Morgan fingerprint density at radius 2 is 1.88 bits per heavy atom. The van der Waals surface area contributed by atoms with E-state index in [-0.39, 0.29) is 17.9 Å². The van der Waals surface area contributed by atoms with Crippen molar-refractivity contribution in [3.05, 3.63) is 60.2 Å². The molecular formula is C19H18N2O3. The van der Waals surface area contributed by atoms with Crippen LogP contribution in [0.25, 0.3) is 0 Å². The fraction of sp³-hybridized carbons (Fsp3) is 0.263. The highest BCUT2D eigenvalue weighted by Gasteiger charge is 2.42. The summed E-state index contributed by atoms with van der Waals surface area (Å²) in [7, 11) is 0. The van der Waals surface area contributed by atoms with Crippen LogP contribution in [-0.4, -0.2) is 35.4 Å². The maximum absolute atomic E-state index is 12.7. The Hall–Kier alpha value is -2.82. The second-order valence-electron chi connectivity index (χ2n) is 6.19. The predicted octanol–water partition coefficient (Wildman–Crippen LogP) is 2.23. The zero-order valence-electron chi connectivity index (χ0n) is 13.1. The Morgan fingerprint density at radius 1 is 1.12 bits per heavy atom. The van der Waals surface area contributed by atoms with Gasteiger partial charge in [0.1, 0.15) is 17.9 Å². The zero-order chi connectivity index (χ0) is 16.5. The lowest BCUT2D eigenvalue weighted by Crippen LogP contribution is -2.43. The largest absolute Gasteiger partial charge is 0.486 e. The van der Waals surface area contributed by atoms with Crippen LogP contribution in [0, 0.1) is 0 Å². The van der Waals surface area contributed by atoms with Crippen molar-refractivity contribution in [2.45, 2.75) is 25.0 Å². The molecule has 4 rings (SSSR count). The van der Waals surface area contributed by atoms with E-state index < -0.39 is 6.04 Å². The number of fused-ring (bicyclic) bond motifs is 3. The average molecular weight is 322 g/mol. The molecule has 0 spiro atoms. The number of hydrogen-bond acceptors (Lipinski definition) is 3. The van der Waals surface area contributed by atoms with Crippen LogP contribution in [0.5, 0.6) is 5.75 Å². The van der Waals surface area contributed by atoms with Gasteiger partial charge >= 0.3 is 0 Å². The summed E-state index contributed by atoms with van der Waals surface area (Å²) in [4.78, 5) is 26.9. The van der Waals surface area contributed by atoms with Crippen LogP contribution in [0.1, 0.15) is 12.0 Å². The molecule has 5 heteroatoms. The number of nitrogens with zero attached hydrogens (tertiary/aromatic N) is 1. The first-order valence-electron chi connectivity index (χ1n) is 8.10. The van der Waals surface area contributed by atoms with Crippen molar-refractivity contribution in [3.8, 4) is 5.75 Å². The van der Waals surface area contributed by atoms with Crippen molar-refractivity contribution in [3.63, 3.8) is 0 Å². The molecule has 2 amide bonds. The molecule has 24 heavy (non-hydrogen) atoms. The first kappa shape index (κ1) is 14.8. The summed E-state index contributed by atoms with van der Waals surface area (Å²) >= 11 is 0. The molecule has 0 aromatic heterocycles. The molecule has 2 aliphatic rings. The molecule has 2 aromatic rings. The molecule has 2 heterocycles. The number of anilines is 1. The lowest BCUT2D eigenvalue weighted by molar-refractivity contribution is -0.136. The molecule has 2 unspecified atom stereocenters. The maximum Gasteiger partial charge on any atom is 0.247 e. The Bertz CT molecular complexity index is 775. The third kappa shape index (κ3) is 2.73. The van der Waals surface area contributed by atoms with Crippen LogP contribution in [0.3, 0.4) is 0 Å². The van der Waals surface area contributed by atoms with Crippen molar-refractivity contribution in [1.82, 2.24) is 4.90 Å². The smallest absolute Gasteiger partial charge is 0.247 e. The number of nitrogens with one attached hydrogen (secondary N) is 1. The maximum atomic E-state index is 12.7. The Morgan fingerprint density at radius 3 is 2.71 bits per heavy atom. The summed E-state index contributed by atoms with van der Waals surface area (Å²) in [6.07, 6.45) is 0.673. The predicted molar refractivity (Wildman–Crippen MR) is 89.8 cm³/mol. The van der Waals surface area contributed by atoms with Gasteiger partial charge in [-0.05, 0) is 17.7 Å². The topological polar surface area (TPSA) is 58.6 Å². The number of carbonyl (C=O) groups is 2. The summed E-state index contributed by atoms with van der Waals surface area (Å²) in [5.41, 5.74) is 1.61. The van der Waals surface area contributed by atoms with E-state index in [1.807, 2.05) is 54.6 Å². The first-order chi connectivity index (χ1) is 11.7. The lowest BCUT2D eigenvalue weighted by atomic mass is 10.1. The highest BCUT2D eigenvalue weighted by Crippen LogP contribution is 2.32. The summed E-state index contributed by atoms with van der Waals surface area (Å²) in [6, 6.07) is 16.5. The SMILES string of the molecule is O=C1Nc2ccccc2OC2CC1N(C(=O)Cc1ccccc1)C2. The van der Waals surface area contributed by atoms with Gasteiger partial charge in [0, 0.05) is 6.42 Å². The number of amides is 2. The molecular weight excluding hydrogens is 304 g/mol. The monoisotopic (exact) mass is 322 g/mol. The van der Waals surface area contributed by atoms with Gasteiger partial charge in [-0.15, -0.1) is 0 Å². The van der Waals surface area contributed by atoms with Crippen LogP contribution in [0.4, 0.5) is 5.69 Å². The van der Waals surface area contributed by atoms with Gasteiger partial charge in [-0.2, -0.15) is 0 Å². The van der Waals surface area contributed by atoms with Gasteiger partial charge < -0.3 is 15.0 Å². The highest BCUT2D eigenvalue weighted by atomic mass is 16.5. The van der Waals surface area contributed by atoms with E-state index in [1.54, 1.807) is 4.90 Å². The molecule has 5 nitrogen and oxygen atoms in total. The molecule has 2 aliphatic heterocycles. The van der Waals surface area contributed by atoms with Crippen molar-refractivity contribution >= 4 is 17.5 Å². The van der Waals surface area contributed by atoms with Gasteiger partial charge in [0.15, 0.2) is 0 Å². The zero-order valence-corrected chi connectivity index (χ0v) is 13.1. The number of rotatable bonds is 2. The summed E-state index contributed by atoms with van der Waals surface area (Å²) in [5, 5.41) is 2.88. The number of para-hydroxylation sites is 2. The van der Waals surface area contributed by atoms with Crippen molar-refractivity contribution in [2.75, 3.05) is 11.9 Å². The van der Waals surface area contributed by atoms with Crippen LogP contribution >= 0.6 is 0 Å². The Balaban J connectivity index is 1.56. The summed E-state index contributed by atoms with van der Waals surface area (Å²) < 4.78 is 6.00. The van der Waals surface area contributed by atoms with Crippen LogP contribution < -0.4 is 10.1 Å². The molecule has 1 N–H and O–H groups in total. The molecule has 1 fully saturated rings. The molecule has 2 aromatic carbocycles. The van der Waals surface area contributed by atoms with Crippen molar-refractivity contribution in [1.29, 1.82) is 0 Å². The molecule has 2 bridgehead atoms. The molecule has 0 radical (unpaired) electrons. The third-order valence-corrected chi connectivity index (χ3v) is 4.52. The minimum Gasteiger partial charge on any atom is -0.486 e. The fourth-order valence-electron chi connectivity index (χ4n) is 3.35. The lowest BCUT2D eigenvalue weighted by Gasteiger charge is -2.23. The minimum absolute atomic E-state index is 0.0431. The van der Waals surface area contributed by atoms with Gasteiger partial charge in [0.05, 0.1) is 18.7 Å². The number of likely N-dealkylation sites (tertiary alicyclic amines) is 1. The molecule has 1 saturated heterocycles. The Kier molecular flexibility index (Phi) is 3.69. The molecule has 0 saturated carbocycles. The van der Waals surface area contributed by atoms with Crippen LogP contribution in [0.15, 0.2) is 54.6 Å². The third-order valence-electron chi connectivity index (χ3n) is 4.52. The van der Waals surface area contributed by atoms with Crippen LogP contribution in [0.2, 0.25) is 0 Å². The van der Waals surface area contributed by atoms with E-state index in [0.29, 0.717) is 30.8 Å². The number of carbonyl (C=O) groups excluding carboxylic acids is 2. The number of hydrogen-bond donors (Lipinski definition) is 1. The normalized spacial score (nSPS) is 22.0. The molecule has 0 aliphatic carbocycles. The molecule has 2 atom stereocenters. The second-order valence-corrected chi connectivity index (χ2v) is 6.19. The van der Waals surface area contributed by atoms with E-state index in [0.717, 1.165) is 5.56 Å². The van der Waals surface area contributed by atoms with Gasteiger partial charge in [-0.1, -0.05) is 42.5 Å². The van der Waals surface area contributed by atoms with Crippen molar-refractivity contribution in [2.24, 2.45) is 0 Å². The first-order valence-corrected chi connectivity index (χ1v) is 8.10. The van der Waals surface area contributed by atoms with Gasteiger partial charge in [0.2, 0.25) is 11.8 Å². The fourth-order valence-corrected chi connectivity index (χ4v) is 3.35. The van der Waals surface area contributed by atoms with Gasteiger partial charge in [0.25, 0.3) is 0 Å².